The highest BCUT2D eigenvalue weighted by molar-refractivity contribution is 7.99. The summed E-state index contributed by atoms with van der Waals surface area (Å²) in [6, 6.07) is 8.72. The Hall–Kier alpha value is -3.80. The molecule has 0 aliphatic heterocycles. The molecule has 3 aromatic rings. The second-order valence-electron chi connectivity index (χ2n) is 6.25. The number of benzene rings is 2. The molecule has 0 bridgehead atoms. The molecule has 0 unspecified atom stereocenters. The maximum atomic E-state index is 12.3. The topological polar surface area (TPSA) is 154 Å². The first-order chi connectivity index (χ1) is 14.2. The summed E-state index contributed by atoms with van der Waals surface area (Å²) in [5.41, 5.74) is 1.70. The molecule has 11 nitrogen and oxygen atoms in total. The summed E-state index contributed by atoms with van der Waals surface area (Å²) in [7, 11) is 0. The number of nitrogens with zero attached hydrogens (tertiary/aromatic N) is 4. The minimum Gasteiger partial charge on any atom is -0.411 e. The quantitative estimate of drug-likeness (QED) is 0.334. The van der Waals surface area contributed by atoms with Crippen molar-refractivity contribution in [2.75, 3.05) is 11.1 Å². The number of anilines is 1. The van der Waals surface area contributed by atoms with Crippen LogP contribution in [0.3, 0.4) is 0 Å². The molecule has 1 amide bonds. The molecule has 12 heteroatoms. The zero-order valence-electron chi connectivity index (χ0n) is 15.8. The van der Waals surface area contributed by atoms with Crippen molar-refractivity contribution in [3.8, 4) is 11.5 Å². The van der Waals surface area contributed by atoms with Crippen molar-refractivity contribution < 1.29 is 19.1 Å². The molecule has 0 radical (unpaired) electrons. The summed E-state index contributed by atoms with van der Waals surface area (Å²) < 4.78 is 5.45. The Morgan fingerprint density at radius 1 is 1.10 bits per heavy atom. The number of nitro benzene ring substituents is 2. The molecule has 0 aliphatic rings. The van der Waals surface area contributed by atoms with E-state index >= 15 is 0 Å². The third-order valence-electron chi connectivity index (χ3n) is 3.98. The largest absolute Gasteiger partial charge is 0.411 e. The van der Waals surface area contributed by atoms with Gasteiger partial charge in [0.1, 0.15) is 5.69 Å². The number of carbonyl (C=O) groups excluding carboxylic acids is 1. The number of amides is 1. The van der Waals surface area contributed by atoms with Gasteiger partial charge in [-0.2, -0.15) is 0 Å². The molecule has 3 rings (SSSR count). The fourth-order valence-corrected chi connectivity index (χ4v) is 3.23. The highest BCUT2D eigenvalue weighted by Crippen LogP contribution is 2.30. The zero-order valence-corrected chi connectivity index (χ0v) is 16.6. The molecule has 1 N–H and O–H groups in total. The third kappa shape index (κ3) is 4.78. The van der Waals surface area contributed by atoms with E-state index in [0.717, 1.165) is 17.3 Å². The summed E-state index contributed by atoms with van der Waals surface area (Å²) >= 11 is 0.964. The number of hydrogen-bond donors (Lipinski definition) is 1. The number of non-ortho nitro benzene ring substituents is 1. The Balaban J connectivity index is 1.65. The minimum absolute atomic E-state index is 0.0648. The van der Waals surface area contributed by atoms with E-state index < -0.39 is 15.8 Å². The number of thioether (sulfide) groups is 1. The molecule has 0 atom stereocenters. The molecular weight excluding hydrogens is 414 g/mol. The van der Waals surface area contributed by atoms with Crippen LogP contribution in [0.5, 0.6) is 0 Å². The van der Waals surface area contributed by atoms with Gasteiger partial charge in [-0.05, 0) is 37.1 Å². The number of hydrogen-bond acceptors (Lipinski definition) is 9. The molecule has 1 heterocycles. The lowest BCUT2D eigenvalue weighted by atomic mass is 10.1. The second kappa shape index (κ2) is 8.69. The van der Waals surface area contributed by atoms with Crippen LogP contribution in [0.15, 0.2) is 46.0 Å². The molecule has 30 heavy (non-hydrogen) atoms. The van der Waals surface area contributed by atoms with Crippen molar-refractivity contribution in [2.24, 2.45) is 0 Å². The first-order valence-electron chi connectivity index (χ1n) is 8.51. The fourth-order valence-electron chi connectivity index (χ4n) is 2.67. The van der Waals surface area contributed by atoms with Gasteiger partial charge < -0.3 is 9.73 Å². The molecule has 0 saturated heterocycles. The Labute approximate surface area is 173 Å². The lowest BCUT2D eigenvalue weighted by Gasteiger charge is -2.09. The van der Waals surface area contributed by atoms with E-state index in [2.05, 4.69) is 15.5 Å². The molecule has 0 spiro atoms. The summed E-state index contributed by atoms with van der Waals surface area (Å²) in [4.78, 5) is 33.2. The van der Waals surface area contributed by atoms with Crippen LogP contribution < -0.4 is 5.32 Å². The van der Waals surface area contributed by atoms with Crippen LogP contribution in [0.4, 0.5) is 17.1 Å². The van der Waals surface area contributed by atoms with Gasteiger partial charge >= 0.3 is 0 Å². The average Bonchev–Trinajstić information content (AvgIpc) is 3.17. The summed E-state index contributed by atoms with van der Waals surface area (Å²) in [5, 5.41) is 32.3. The van der Waals surface area contributed by atoms with Crippen LogP contribution in [-0.2, 0) is 4.79 Å². The Morgan fingerprint density at radius 3 is 2.43 bits per heavy atom. The number of aromatic nitrogens is 2. The van der Waals surface area contributed by atoms with Crippen molar-refractivity contribution in [1.82, 2.24) is 10.2 Å². The SMILES string of the molecule is Cc1cc(C)c(NC(=O)CSc2nnc(-c3ccc([N+](=O)[O-])cc3)o2)c([N+](=O)[O-])c1. The zero-order chi connectivity index (χ0) is 21.8. The van der Waals surface area contributed by atoms with Crippen LogP contribution >= 0.6 is 11.8 Å². The van der Waals surface area contributed by atoms with E-state index in [9.17, 15) is 25.0 Å². The van der Waals surface area contributed by atoms with E-state index in [4.69, 9.17) is 4.42 Å². The van der Waals surface area contributed by atoms with Crippen LogP contribution in [0.1, 0.15) is 11.1 Å². The second-order valence-corrected chi connectivity index (χ2v) is 7.17. The van der Waals surface area contributed by atoms with E-state index in [-0.39, 0.29) is 33.9 Å². The molecule has 0 aliphatic carbocycles. The number of nitrogens with one attached hydrogen (secondary N) is 1. The van der Waals surface area contributed by atoms with Gasteiger partial charge in [0.05, 0.1) is 15.6 Å². The highest BCUT2D eigenvalue weighted by Gasteiger charge is 2.20. The van der Waals surface area contributed by atoms with Gasteiger partial charge in [0.15, 0.2) is 0 Å². The van der Waals surface area contributed by atoms with Crippen molar-refractivity contribution in [3.05, 3.63) is 67.8 Å². The Bertz CT molecular complexity index is 1130. The Morgan fingerprint density at radius 2 is 1.80 bits per heavy atom. The summed E-state index contributed by atoms with van der Waals surface area (Å²) in [6.45, 7) is 3.41. The first-order valence-corrected chi connectivity index (χ1v) is 9.50. The third-order valence-corrected chi connectivity index (χ3v) is 4.80. The van der Waals surface area contributed by atoms with Gasteiger partial charge in [-0.15, -0.1) is 10.2 Å². The fraction of sp³-hybridized carbons (Fsp3) is 0.167. The van der Waals surface area contributed by atoms with Crippen LogP contribution in [0.2, 0.25) is 0 Å². The van der Waals surface area contributed by atoms with Gasteiger partial charge in [0.2, 0.25) is 11.8 Å². The molecule has 2 aromatic carbocycles. The molecule has 1 aromatic heterocycles. The standard InChI is InChI=1S/C18H15N5O6S/c1-10-7-11(2)16(14(8-10)23(27)28)19-15(24)9-30-18-21-20-17(29-18)12-3-5-13(6-4-12)22(25)26/h3-8H,9H2,1-2H3,(H,19,24). The lowest BCUT2D eigenvalue weighted by Crippen LogP contribution is -2.16. The van der Waals surface area contributed by atoms with Crippen molar-refractivity contribution in [2.45, 2.75) is 19.1 Å². The Kier molecular flexibility index (Phi) is 6.06. The summed E-state index contributed by atoms with van der Waals surface area (Å²) in [6.07, 6.45) is 0. The minimum atomic E-state index is -0.544. The predicted octanol–water partition coefficient (Wildman–Crippen LogP) is 3.90. The maximum Gasteiger partial charge on any atom is 0.293 e. The number of carbonyl (C=O) groups is 1. The van der Waals surface area contributed by atoms with Crippen LogP contribution in [0, 0.1) is 34.1 Å². The molecular formula is C18H15N5O6S. The smallest absolute Gasteiger partial charge is 0.293 e. The molecule has 0 fully saturated rings. The predicted molar refractivity (Wildman–Crippen MR) is 108 cm³/mol. The van der Waals surface area contributed by atoms with Gasteiger partial charge in [-0.3, -0.25) is 25.0 Å². The monoisotopic (exact) mass is 429 g/mol. The highest BCUT2D eigenvalue weighted by atomic mass is 32.2. The van der Waals surface area contributed by atoms with Crippen molar-refractivity contribution in [3.63, 3.8) is 0 Å². The van der Waals surface area contributed by atoms with Gasteiger partial charge in [-0.1, -0.05) is 17.8 Å². The van der Waals surface area contributed by atoms with Gasteiger partial charge in [-0.25, -0.2) is 0 Å². The van der Waals surface area contributed by atoms with E-state index in [0.29, 0.717) is 11.1 Å². The summed E-state index contributed by atoms with van der Waals surface area (Å²) in [5.74, 6) is -0.421. The molecule has 0 saturated carbocycles. The van der Waals surface area contributed by atoms with Crippen LogP contribution in [0.25, 0.3) is 11.5 Å². The first kappa shape index (κ1) is 20.9. The van der Waals surface area contributed by atoms with Gasteiger partial charge in [0.25, 0.3) is 16.6 Å². The average molecular weight is 429 g/mol. The van der Waals surface area contributed by atoms with E-state index in [1.165, 1.54) is 30.3 Å². The normalized spacial score (nSPS) is 10.6. The van der Waals surface area contributed by atoms with Crippen LogP contribution in [-0.4, -0.2) is 31.7 Å². The lowest BCUT2D eigenvalue weighted by molar-refractivity contribution is -0.384. The van der Waals surface area contributed by atoms with Crippen molar-refractivity contribution in [1.29, 1.82) is 0 Å². The number of nitro groups is 2. The van der Waals surface area contributed by atoms with Gasteiger partial charge in [0, 0.05) is 23.8 Å². The van der Waals surface area contributed by atoms with E-state index in [1.807, 2.05) is 0 Å². The molecule has 154 valence electrons. The maximum absolute atomic E-state index is 12.3. The number of aryl methyl sites for hydroxylation is 2. The van der Waals surface area contributed by atoms with Crippen molar-refractivity contribution >= 4 is 34.7 Å². The van der Waals surface area contributed by atoms with E-state index in [1.54, 1.807) is 19.9 Å². The number of rotatable bonds is 7.